The molecule has 32 heavy (non-hydrogen) atoms. The van der Waals surface area contributed by atoms with Gasteiger partial charge in [-0.05, 0) is 49.6 Å². The Balaban J connectivity index is 1.31. The predicted molar refractivity (Wildman–Crippen MR) is 123 cm³/mol. The number of para-hydroxylation sites is 2. The van der Waals surface area contributed by atoms with E-state index in [0.717, 1.165) is 42.8 Å². The maximum Gasteiger partial charge on any atom is 0.253 e. The molecule has 1 amide bonds. The van der Waals surface area contributed by atoms with Gasteiger partial charge in [0.05, 0.1) is 15.9 Å². The highest BCUT2D eigenvalue weighted by atomic mass is 32.2. The average molecular weight is 454 g/mol. The van der Waals surface area contributed by atoms with Crippen molar-refractivity contribution in [3.05, 3.63) is 54.1 Å². The molecule has 0 saturated carbocycles. The summed E-state index contributed by atoms with van der Waals surface area (Å²) in [6.45, 7) is 3.73. The van der Waals surface area contributed by atoms with Crippen LogP contribution in [0.2, 0.25) is 0 Å². The fourth-order valence-corrected chi connectivity index (χ4v) is 6.03. The number of H-pyrrole nitrogens is 1. The first kappa shape index (κ1) is 21.0. The molecule has 3 heterocycles. The molecule has 2 aliphatic heterocycles. The zero-order valence-electron chi connectivity index (χ0n) is 17.9. The maximum atomic E-state index is 13.2. The second-order valence-electron chi connectivity index (χ2n) is 8.35. The van der Waals surface area contributed by atoms with Gasteiger partial charge in [0, 0.05) is 44.8 Å². The maximum absolute atomic E-state index is 13.2. The lowest BCUT2D eigenvalue weighted by Gasteiger charge is -2.22. The number of nitrogens with one attached hydrogen (secondary N) is 1. The normalized spacial score (nSPS) is 18.2. The summed E-state index contributed by atoms with van der Waals surface area (Å²) in [7, 11) is -3.55. The summed E-state index contributed by atoms with van der Waals surface area (Å²) in [4.78, 5) is 25.4. The van der Waals surface area contributed by atoms with Gasteiger partial charge in [0.25, 0.3) is 5.91 Å². The van der Waals surface area contributed by atoms with Gasteiger partial charge in [-0.2, -0.15) is 4.31 Å². The summed E-state index contributed by atoms with van der Waals surface area (Å²) >= 11 is 0. The molecule has 0 aliphatic carbocycles. The average Bonchev–Trinajstić information content (AvgIpc) is 3.44. The topological polar surface area (TPSA) is 89.6 Å². The van der Waals surface area contributed by atoms with Crippen LogP contribution in [0.25, 0.3) is 11.0 Å². The van der Waals surface area contributed by atoms with Crippen molar-refractivity contribution in [2.75, 3.05) is 44.2 Å². The SMILES string of the molecule is O=C(c1cccc(S(=O)(=O)N2CCCC2)c1)N1CCCN(c2nc3ccccc3[nH]2)CC1. The van der Waals surface area contributed by atoms with E-state index in [2.05, 4.69) is 14.9 Å². The number of amides is 1. The molecule has 0 radical (unpaired) electrons. The van der Waals surface area contributed by atoms with Crippen LogP contribution in [0, 0.1) is 0 Å². The number of hydrogen-bond donors (Lipinski definition) is 1. The second-order valence-corrected chi connectivity index (χ2v) is 10.3. The first-order chi connectivity index (χ1) is 15.5. The Bertz CT molecular complexity index is 1200. The van der Waals surface area contributed by atoms with Crippen molar-refractivity contribution < 1.29 is 13.2 Å². The summed E-state index contributed by atoms with van der Waals surface area (Å²) in [5, 5.41) is 0. The van der Waals surface area contributed by atoms with Crippen molar-refractivity contribution in [2.45, 2.75) is 24.2 Å². The monoisotopic (exact) mass is 453 g/mol. The fourth-order valence-electron chi connectivity index (χ4n) is 4.47. The minimum absolute atomic E-state index is 0.130. The Morgan fingerprint density at radius 3 is 2.50 bits per heavy atom. The van der Waals surface area contributed by atoms with E-state index >= 15 is 0 Å². The molecule has 8 nitrogen and oxygen atoms in total. The molecule has 2 aromatic carbocycles. The molecule has 0 bridgehead atoms. The van der Waals surface area contributed by atoms with Crippen molar-refractivity contribution in [3.63, 3.8) is 0 Å². The van der Waals surface area contributed by atoms with Gasteiger partial charge in [-0.15, -0.1) is 0 Å². The largest absolute Gasteiger partial charge is 0.341 e. The van der Waals surface area contributed by atoms with Crippen LogP contribution in [0.4, 0.5) is 5.95 Å². The lowest BCUT2D eigenvalue weighted by Crippen LogP contribution is -2.35. The number of aromatic nitrogens is 2. The smallest absolute Gasteiger partial charge is 0.253 e. The number of carbonyl (C=O) groups excluding carboxylic acids is 1. The fraction of sp³-hybridized carbons (Fsp3) is 0.391. The van der Waals surface area contributed by atoms with E-state index < -0.39 is 10.0 Å². The minimum Gasteiger partial charge on any atom is -0.341 e. The lowest BCUT2D eigenvalue weighted by atomic mass is 10.2. The van der Waals surface area contributed by atoms with Gasteiger partial charge in [0.1, 0.15) is 0 Å². The molecule has 2 fully saturated rings. The third kappa shape index (κ3) is 3.98. The van der Waals surface area contributed by atoms with Crippen LogP contribution in [0.5, 0.6) is 0 Å². The zero-order valence-corrected chi connectivity index (χ0v) is 18.7. The van der Waals surface area contributed by atoms with E-state index in [1.54, 1.807) is 18.2 Å². The Morgan fingerprint density at radius 1 is 0.875 bits per heavy atom. The molecule has 2 aliphatic rings. The van der Waals surface area contributed by atoms with Gasteiger partial charge in [0.15, 0.2) is 0 Å². The highest BCUT2D eigenvalue weighted by molar-refractivity contribution is 7.89. The standard InChI is InChI=1S/C23H27N5O3S/c29-22(18-7-5-8-19(17-18)32(30,31)28-13-3-4-14-28)26-11-6-12-27(16-15-26)23-24-20-9-1-2-10-21(20)25-23/h1-2,5,7-10,17H,3-4,6,11-16H2,(H,24,25). The van der Waals surface area contributed by atoms with Crippen LogP contribution in [-0.4, -0.2) is 72.8 Å². The number of nitrogens with zero attached hydrogens (tertiary/aromatic N) is 4. The molecule has 1 aromatic heterocycles. The van der Waals surface area contributed by atoms with Gasteiger partial charge in [-0.25, -0.2) is 13.4 Å². The highest BCUT2D eigenvalue weighted by Crippen LogP contribution is 2.23. The van der Waals surface area contributed by atoms with Crippen molar-refractivity contribution in [1.82, 2.24) is 19.2 Å². The van der Waals surface area contributed by atoms with Crippen LogP contribution in [0.1, 0.15) is 29.6 Å². The molecule has 0 spiro atoms. The number of anilines is 1. The zero-order chi connectivity index (χ0) is 22.1. The number of rotatable bonds is 4. The summed E-state index contributed by atoms with van der Waals surface area (Å²) in [5.74, 6) is 0.689. The van der Waals surface area contributed by atoms with Crippen LogP contribution in [0.15, 0.2) is 53.4 Å². The van der Waals surface area contributed by atoms with E-state index in [9.17, 15) is 13.2 Å². The number of benzene rings is 2. The molecule has 5 rings (SSSR count). The molecular weight excluding hydrogens is 426 g/mol. The number of fused-ring (bicyclic) bond motifs is 1. The van der Waals surface area contributed by atoms with E-state index in [4.69, 9.17) is 0 Å². The molecule has 0 unspecified atom stereocenters. The van der Waals surface area contributed by atoms with Crippen LogP contribution < -0.4 is 4.90 Å². The molecular formula is C23H27N5O3S. The van der Waals surface area contributed by atoms with Gasteiger partial charge in [-0.3, -0.25) is 4.79 Å². The Labute approximate surface area is 187 Å². The van der Waals surface area contributed by atoms with Crippen molar-refractivity contribution >= 4 is 32.9 Å². The highest BCUT2D eigenvalue weighted by Gasteiger charge is 2.28. The molecule has 9 heteroatoms. The first-order valence-corrected chi connectivity index (χ1v) is 12.6. The quantitative estimate of drug-likeness (QED) is 0.656. The molecule has 168 valence electrons. The molecule has 3 aromatic rings. The van der Waals surface area contributed by atoms with Gasteiger partial charge in [-0.1, -0.05) is 18.2 Å². The van der Waals surface area contributed by atoms with Crippen molar-refractivity contribution in [3.8, 4) is 0 Å². The van der Waals surface area contributed by atoms with Gasteiger partial charge >= 0.3 is 0 Å². The summed E-state index contributed by atoms with van der Waals surface area (Å²) in [5.41, 5.74) is 2.34. The number of aromatic amines is 1. The lowest BCUT2D eigenvalue weighted by molar-refractivity contribution is 0.0766. The summed E-state index contributed by atoms with van der Waals surface area (Å²) in [6.07, 6.45) is 2.58. The minimum atomic E-state index is -3.55. The van der Waals surface area contributed by atoms with E-state index in [-0.39, 0.29) is 10.8 Å². The molecule has 1 N–H and O–H groups in total. The summed E-state index contributed by atoms with van der Waals surface area (Å²) < 4.78 is 27.3. The van der Waals surface area contributed by atoms with Crippen LogP contribution in [-0.2, 0) is 10.0 Å². The van der Waals surface area contributed by atoms with E-state index in [1.807, 2.05) is 29.2 Å². The van der Waals surface area contributed by atoms with E-state index in [0.29, 0.717) is 38.3 Å². The van der Waals surface area contributed by atoms with Crippen molar-refractivity contribution in [2.24, 2.45) is 0 Å². The summed E-state index contributed by atoms with van der Waals surface area (Å²) in [6, 6.07) is 14.4. The third-order valence-corrected chi connectivity index (χ3v) is 8.14. The Kier molecular flexibility index (Phi) is 5.60. The number of hydrogen-bond acceptors (Lipinski definition) is 5. The third-order valence-electron chi connectivity index (χ3n) is 6.24. The Hall–Kier alpha value is -2.91. The van der Waals surface area contributed by atoms with Gasteiger partial charge in [0.2, 0.25) is 16.0 Å². The number of imidazole rings is 1. The number of sulfonamides is 1. The predicted octanol–water partition coefficient (Wildman–Crippen LogP) is 2.70. The molecule has 2 saturated heterocycles. The van der Waals surface area contributed by atoms with Gasteiger partial charge < -0.3 is 14.8 Å². The van der Waals surface area contributed by atoms with E-state index in [1.165, 1.54) is 10.4 Å². The first-order valence-electron chi connectivity index (χ1n) is 11.1. The molecule has 0 atom stereocenters. The van der Waals surface area contributed by atoms with Crippen LogP contribution in [0.3, 0.4) is 0 Å². The van der Waals surface area contributed by atoms with Crippen molar-refractivity contribution in [1.29, 1.82) is 0 Å². The number of carbonyl (C=O) groups is 1. The van der Waals surface area contributed by atoms with Crippen LogP contribution >= 0.6 is 0 Å². The Morgan fingerprint density at radius 2 is 1.69 bits per heavy atom. The second kappa shape index (κ2) is 8.55.